The Morgan fingerprint density at radius 1 is 1.14 bits per heavy atom. The van der Waals surface area contributed by atoms with Gasteiger partial charge in [-0.2, -0.15) is 0 Å². The summed E-state index contributed by atoms with van der Waals surface area (Å²) in [4.78, 5) is 8.11. The summed E-state index contributed by atoms with van der Waals surface area (Å²) in [6.07, 6.45) is 1.86. The minimum Gasteiger partial charge on any atom is -0.497 e. The average molecular weight is 345 g/mol. The minimum atomic E-state index is 0.892. The summed E-state index contributed by atoms with van der Waals surface area (Å²) < 4.78 is 6.25. The molecule has 0 amide bonds. The number of benzene rings is 2. The number of imidazole rings is 1. The number of halogens is 1. The van der Waals surface area contributed by atoms with Crippen molar-refractivity contribution in [3.05, 3.63) is 57.8 Å². The maximum Gasteiger partial charge on any atom is 0.118 e. The van der Waals surface area contributed by atoms with Crippen LogP contribution in [0.25, 0.3) is 11.0 Å². The summed E-state index contributed by atoms with van der Waals surface area (Å²) in [7, 11) is 1.68. The highest BCUT2D eigenvalue weighted by molar-refractivity contribution is 9.10. The Morgan fingerprint density at radius 3 is 2.62 bits per heavy atom. The van der Waals surface area contributed by atoms with Gasteiger partial charge in [0.2, 0.25) is 0 Å². The molecule has 0 aliphatic heterocycles. The number of aryl methyl sites for hydroxylation is 3. The largest absolute Gasteiger partial charge is 0.497 e. The summed E-state index contributed by atoms with van der Waals surface area (Å²) in [5.74, 6) is 1.92. The predicted molar refractivity (Wildman–Crippen MR) is 88.9 cm³/mol. The van der Waals surface area contributed by atoms with Crippen LogP contribution in [0.1, 0.15) is 17.0 Å². The molecule has 0 saturated carbocycles. The molecule has 0 aliphatic carbocycles. The number of fused-ring (bicyclic) bond motifs is 1. The van der Waals surface area contributed by atoms with Crippen molar-refractivity contribution in [1.82, 2.24) is 9.97 Å². The second kappa shape index (κ2) is 5.90. The van der Waals surface area contributed by atoms with E-state index in [-0.39, 0.29) is 0 Å². The van der Waals surface area contributed by atoms with Crippen molar-refractivity contribution in [3.63, 3.8) is 0 Å². The second-order valence-electron chi connectivity index (χ2n) is 5.15. The van der Waals surface area contributed by atoms with Gasteiger partial charge in [0, 0.05) is 10.9 Å². The number of rotatable bonds is 4. The monoisotopic (exact) mass is 344 g/mol. The van der Waals surface area contributed by atoms with E-state index in [4.69, 9.17) is 9.72 Å². The highest BCUT2D eigenvalue weighted by Gasteiger charge is 2.07. The number of ether oxygens (including phenoxy) is 1. The fourth-order valence-corrected chi connectivity index (χ4v) is 3.04. The van der Waals surface area contributed by atoms with Crippen LogP contribution in [0.2, 0.25) is 0 Å². The van der Waals surface area contributed by atoms with Gasteiger partial charge in [-0.1, -0.05) is 28.1 Å². The zero-order chi connectivity index (χ0) is 14.8. The first kappa shape index (κ1) is 14.1. The van der Waals surface area contributed by atoms with Crippen molar-refractivity contribution in [3.8, 4) is 5.75 Å². The molecule has 0 saturated heterocycles. The number of H-pyrrole nitrogens is 1. The third-order valence-corrected chi connectivity index (χ3v) is 4.06. The molecule has 0 radical (unpaired) electrons. The number of aromatic amines is 1. The van der Waals surface area contributed by atoms with Crippen LogP contribution in [0.5, 0.6) is 5.75 Å². The first-order valence-electron chi connectivity index (χ1n) is 6.93. The van der Waals surface area contributed by atoms with Crippen molar-refractivity contribution in [2.24, 2.45) is 0 Å². The maximum atomic E-state index is 5.17. The zero-order valence-electron chi connectivity index (χ0n) is 12.1. The van der Waals surface area contributed by atoms with Crippen LogP contribution in [0, 0.1) is 6.92 Å². The molecule has 3 rings (SSSR count). The van der Waals surface area contributed by atoms with Crippen LogP contribution >= 0.6 is 15.9 Å². The van der Waals surface area contributed by atoms with Gasteiger partial charge in [-0.25, -0.2) is 4.98 Å². The van der Waals surface area contributed by atoms with Crippen molar-refractivity contribution in [1.29, 1.82) is 0 Å². The Morgan fingerprint density at radius 2 is 1.90 bits per heavy atom. The molecule has 0 unspecified atom stereocenters. The zero-order valence-corrected chi connectivity index (χ0v) is 13.7. The third-order valence-electron chi connectivity index (χ3n) is 3.60. The van der Waals surface area contributed by atoms with Crippen LogP contribution in [-0.2, 0) is 12.8 Å². The van der Waals surface area contributed by atoms with E-state index in [1.165, 1.54) is 11.1 Å². The van der Waals surface area contributed by atoms with Crippen LogP contribution in [-0.4, -0.2) is 17.1 Å². The van der Waals surface area contributed by atoms with Gasteiger partial charge in [0.05, 0.1) is 18.1 Å². The molecule has 2 aromatic carbocycles. The quantitative estimate of drug-likeness (QED) is 0.760. The molecule has 0 bridgehead atoms. The Bertz CT molecular complexity index is 762. The number of methoxy groups -OCH3 is 1. The lowest BCUT2D eigenvalue weighted by Crippen LogP contribution is -1.93. The van der Waals surface area contributed by atoms with Gasteiger partial charge in [-0.05, 0) is 48.7 Å². The molecule has 21 heavy (non-hydrogen) atoms. The molecular weight excluding hydrogens is 328 g/mol. The normalized spacial score (nSPS) is 11.0. The number of hydrogen-bond donors (Lipinski definition) is 1. The summed E-state index contributed by atoms with van der Waals surface area (Å²) in [5, 5.41) is 0. The van der Waals surface area contributed by atoms with Gasteiger partial charge in [-0.15, -0.1) is 0 Å². The van der Waals surface area contributed by atoms with Crippen LogP contribution in [0.4, 0.5) is 0 Å². The Labute approximate surface area is 132 Å². The summed E-state index contributed by atoms with van der Waals surface area (Å²) >= 11 is 3.52. The molecule has 0 spiro atoms. The maximum absolute atomic E-state index is 5.17. The van der Waals surface area contributed by atoms with E-state index in [9.17, 15) is 0 Å². The van der Waals surface area contributed by atoms with E-state index in [1.54, 1.807) is 7.11 Å². The van der Waals surface area contributed by atoms with E-state index in [0.29, 0.717) is 0 Å². The predicted octanol–water partition coefficient (Wildman–Crippen LogP) is 4.43. The first-order chi connectivity index (χ1) is 10.2. The highest BCUT2D eigenvalue weighted by atomic mass is 79.9. The summed E-state index contributed by atoms with van der Waals surface area (Å²) in [5.41, 5.74) is 4.62. The topological polar surface area (TPSA) is 37.9 Å². The SMILES string of the molecule is COc1ccc(CCc2nc3c(C)cc(Br)cc3[nH]2)cc1. The van der Waals surface area contributed by atoms with Crippen molar-refractivity contribution in [2.45, 2.75) is 19.8 Å². The Balaban J connectivity index is 1.77. The fourth-order valence-electron chi connectivity index (χ4n) is 2.47. The van der Waals surface area contributed by atoms with Gasteiger partial charge in [0.15, 0.2) is 0 Å². The number of aromatic nitrogens is 2. The number of hydrogen-bond acceptors (Lipinski definition) is 2. The lowest BCUT2D eigenvalue weighted by Gasteiger charge is -2.02. The molecule has 3 nitrogen and oxygen atoms in total. The van der Waals surface area contributed by atoms with Gasteiger partial charge >= 0.3 is 0 Å². The lowest BCUT2D eigenvalue weighted by atomic mass is 10.1. The Hall–Kier alpha value is -1.81. The van der Waals surface area contributed by atoms with Crippen molar-refractivity contribution >= 4 is 27.0 Å². The second-order valence-corrected chi connectivity index (χ2v) is 6.07. The fraction of sp³-hybridized carbons (Fsp3) is 0.235. The van der Waals surface area contributed by atoms with Crippen molar-refractivity contribution < 1.29 is 4.74 Å². The van der Waals surface area contributed by atoms with E-state index < -0.39 is 0 Å². The van der Waals surface area contributed by atoms with E-state index in [2.05, 4.69) is 52.1 Å². The van der Waals surface area contributed by atoms with Gasteiger partial charge in [0.1, 0.15) is 11.6 Å². The molecule has 0 atom stereocenters. The van der Waals surface area contributed by atoms with Gasteiger partial charge < -0.3 is 9.72 Å². The molecule has 1 heterocycles. The molecular formula is C17H17BrN2O. The minimum absolute atomic E-state index is 0.892. The highest BCUT2D eigenvalue weighted by Crippen LogP contribution is 2.22. The van der Waals surface area contributed by atoms with E-state index in [0.717, 1.165) is 39.9 Å². The summed E-state index contributed by atoms with van der Waals surface area (Å²) in [6, 6.07) is 12.4. The third kappa shape index (κ3) is 3.10. The molecule has 108 valence electrons. The first-order valence-corrected chi connectivity index (χ1v) is 7.72. The van der Waals surface area contributed by atoms with Crippen LogP contribution in [0.3, 0.4) is 0 Å². The van der Waals surface area contributed by atoms with Crippen molar-refractivity contribution in [2.75, 3.05) is 7.11 Å². The van der Waals surface area contributed by atoms with E-state index in [1.807, 2.05) is 12.1 Å². The smallest absolute Gasteiger partial charge is 0.118 e. The number of nitrogens with zero attached hydrogens (tertiary/aromatic N) is 1. The van der Waals surface area contributed by atoms with Gasteiger partial charge in [0.25, 0.3) is 0 Å². The van der Waals surface area contributed by atoms with Crippen LogP contribution < -0.4 is 4.74 Å². The standard InChI is InChI=1S/C17H17BrN2O/c1-11-9-13(18)10-15-17(11)20-16(19-15)8-5-12-3-6-14(21-2)7-4-12/h3-4,6-7,9-10H,5,8H2,1-2H3,(H,19,20). The Kier molecular flexibility index (Phi) is 3.97. The lowest BCUT2D eigenvalue weighted by molar-refractivity contribution is 0.414. The molecule has 1 aromatic heterocycles. The van der Waals surface area contributed by atoms with E-state index >= 15 is 0 Å². The number of nitrogens with one attached hydrogen (secondary N) is 1. The summed E-state index contributed by atoms with van der Waals surface area (Å²) in [6.45, 7) is 2.08. The average Bonchev–Trinajstić information content (AvgIpc) is 2.89. The molecule has 3 aromatic rings. The van der Waals surface area contributed by atoms with Crippen LogP contribution in [0.15, 0.2) is 40.9 Å². The van der Waals surface area contributed by atoms with Gasteiger partial charge in [-0.3, -0.25) is 0 Å². The molecule has 4 heteroatoms. The molecule has 0 fully saturated rings. The molecule has 1 N–H and O–H groups in total. The molecule has 0 aliphatic rings.